The summed E-state index contributed by atoms with van der Waals surface area (Å²) in [6.07, 6.45) is -0.253. The summed E-state index contributed by atoms with van der Waals surface area (Å²) in [4.78, 5) is 57.0. The molecule has 1 amide bonds. The number of nitrogens with one attached hydrogen (secondary N) is 2. The van der Waals surface area contributed by atoms with E-state index in [-0.39, 0.29) is 13.0 Å². The van der Waals surface area contributed by atoms with Gasteiger partial charge in [0.2, 0.25) is 5.78 Å². The molecule has 18 heavy (non-hydrogen) atoms. The van der Waals surface area contributed by atoms with Gasteiger partial charge in [-0.1, -0.05) is 0 Å². The average Bonchev–Trinajstić information content (AvgIpc) is 2.35. The molecule has 0 bridgehead atoms. The zero-order valence-corrected chi connectivity index (χ0v) is 10.2. The smallest absolute Gasteiger partial charge is 0.337 e. The molecule has 0 rings (SSSR count). The highest BCUT2D eigenvalue weighted by atomic mass is 16.5. The number of rotatable bonds is 7. The van der Waals surface area contributed by atoms with Crippen molar-refractivity contribution in [3.8, 4) is 0 Å². The maximum Gasteiger partial charge on any atom is 0.337 e. The highest BCUT2D eigenvalue weighted by Crippen LogP contribution is 2.22. The monoisotopic (exact) mass is 258 g/mol. The first-order chi connectivity index (χ1) is 8.39. The summed E-state index contributed by atoms with van der Waals surface area (Å²) in [6, 6.07) is 0. The van der Waals surface area contributed by atoms with Gasteiger partial charge in [0.1, 0.15) is 0 Å². The second-order valence-corrected chi connectivity index (χ2v) is 3.32. The minimum Gasteiger partial charge on any atom is -0.468 e. The van der Waals surface area contributed by atoms with Crippen molar-refractivity contribution in [3.63, 3.8) is 0 Å². The number of ether oxygens (including phenoxy) is 1. The van der Waals surface area contributed by atoms with Crippen LogP contribution in [0.1, 0.15) is 6.92 Å². The first kappa shape index (κ1) is 15.9. The summed E-state index contributed by atoms with van der Waals surface area (Å²) in [5.74, 6) is -5.13. The Balaban J connectivity index is 5.69. The number of esters is 1. The van der Waals surface area contributed by atoms with Crippen LogP contribution in [0.5, 0.6) is 0 Å². The van der Waals surface area contributed by atoms with Crippen LogP contribution in [-0.2, 0) is 28.7 Å². The SMILES string of the molecule is CNCNC(=O)C(C(C)=O)(C(=O)C=O)C(=O)OC. The molecule has 0 radical (unpaired) electrons. The molecule has 0 aliphatic rings. The number of hydrogen-bond donors (Lipinski definition) is 2. The maximum absolute atomic E-state index is 11.8. The Kier molecular flexibility index (Phi) is 5.83. The van der Waals surface area contributed by atoms with Gasteiger partial charge in [0.05, 0.1) is 13.8 Å². The Bertz CT molecular complexity index is 392. The second kappa shape index (κ2) is 6.60. The molecule has 1 atom stereocenters. The molecule has 0 saturated heterocycles. The minimum absolute atomic E-state index is 0.0863. The topological polar surface area (TPSA) is 119 Å². The molecule has 0 aromatic rings. The minimum atomic E-state index is -2.77. The van der Waals surface area contributed by atoms with E-state index in [1.807, 2.05) is 0 Å². The standard InChI is InChI=1S/C10H14N2O6/c1-6(14)10(7(15)4-13,9(17)18-3)8(16)12-5-11-2/h4,11H,5H2,1-3H3,(H,12,16). The lowest BCUT2D eigenvalue weighted by Gasteiger charge is -2.23. The largest absolute Gasteiger partial charge is 0.468 e. The lowest BCUT2D eigenvalue weighted by atomic mass is 9.79. The fraction of sp³-hybridized carbons (Fsp3) is 0.500. The molecular formula is C10H14N2O6. The fourth-order valence-corrected chi connectivity index (χ4v) is 1.33. The number of carbonyl (C=O) groups excluding carboxylic acids is 5. The molecular weight excluding hydrogens is 244 g/mol. The first-order valence-corrected chi connectivity index (χ1v) is 4.91. The molecule has 8 nitrogen and oxygen atoms in total. The van der Waals surface area contributed by atoms with Gasteiger partial charge < -0.3 is 15.4 Å². The van der Waals surface area contributed by atoms with Gasteiger partial charge >= 0.3 is 5.97 Å². The Morgan fingerprint density at radius 2 is 1.83 bits per heavy atom. The van der Waals surface area contributed by atoms with E-state index < -0.39 is 28.9 Å². The van der Waals surface area contributed by atoms with E-state index >= 15 is 0 Å². The quantitative estimate of drug-likeness (QED) is 0.175. The van der Waals surface area contributed by atoms with E-state index in [1.54, 1.807) is 0 Å². The lowest BCUT2D eigenvalue weighted by molar-refractivity contribution is -0.167. The van der Waals surface area contributed by atoms with Crippen molar-refractivity contribution in [2.75, 3.05) is 20.8 Å². The van der Waals surface area contributed by atoms with Gasteiger partial charge in [0, 0.05) is 0 Å². The first-order valence-electron chi connectivity index (χ1n) is 4.91. The molecule has 0 aliphatic heterocycles. The third kappa shape index (κ3) is 2.59. The molecule has 0 spiro atoms. The Morgan fingerprint density at radius 3 is 2.17 bits per heavy atom. The van der Waals surface area contributed by atoms with Crippen molar-refractivity contribution >= 4 is 29.7 Å². The van der Waals surface area contributed by atoms with Gasteiger partial charge in [-0.2, -0.15) is 0 Å². The lowest BCUT2D eigenvalue weighted by Crippen LogP contribution is -2.58. The summed E-state index contributed by atoms with van der Waals surface area (Å²) in [7, 11) is 2.40. The highest BCUT2D eigenvalue weighted by molar-refractivity contribution is 6.49. The van der Waals surface area contributed by atoms with Gasteiger partial charge in [-0.25, -0.2) is 4.79 Å². The van der Waals surface area contributed by atoms with E-state index in [0.717, 1.165) is 14.0 Å². The van der Waals surface area contributed by atoms with Crippen LogP contribution in [0.2, 0.25) is 0 Å². The number of methoxy groups -OCH3 is 1. The van der Waals surface area contributed by atoms with Crippen molar-refractivity contribution in [2.45, 2.75) is 6.92 Å². The van der Waals surface area contributed by atoms with E-state index in [0.29, 0.717) is 0 Å². The van der Waals surface area contributed by atoms with Crippen LogP contribution >= 0.6 is 0 Å². The Hall–Kier alpha value is -2.09. The van der Waals surface area contributed by atoms with Crippen molar-refractivity contribution in [1.82, 2.24) is 10.6 Å². The maximum atomic E-state index is 11.8. The van der Waals surface area contributed by atoms with Crippen molar-refractivity contribution in [2.24, 2.45) is 5.41 Å². The zero-order chi connectivity index (χ0) is 14.3. The normalized spacial score (nSPS) is 13.1. The van der Waals surface area contributed by atoms with Crippen molar-refractivity contribution < 1.29 is 28.7 Å². The van der Waals surface area contributed by atoms with E-state index in [1.165, 1.54) is 7.05 Å². The van der Waals surface area contributed by atoms with Crippen molar-refractivity contribution in [1.29, 1.82) is 0 Å². The van der Waals surface area contributed by atoms with E-state index in [9.17, 15) is 24.0 Å². The van der Waals surface area contributed by atoms with E-state index in [4.69, 9.17) is 0 Å². The van der Waals surface area contributed by atoms with Crippen LogP contribution in [0.3, 0.4) is 0 Å². The third-order valence-corrected chi connectivity index (χ3v) is 2.26. The number of hydrogen-bond acceptors (Lipinski definition) is 7. The van der Waals surface area contributed by atoms with Crippen molar-refractivity contribution in [3.05, 3.63) is 0 Å². The molecule has 0 aromatic carbocycles. The van der Waals surface area contributed by atoms with Crippen LogP contribution in [-0.4, -0.2) is 50.6 Å². The highest BCUT2D eigenvalue weighted by Gasteiger charge is 2.58. The van der Waals surface area contributed by atoms with Gasteiger partial charge in [-0.15, -0.1) is 0 Å². The number of ketones is 2. The number of carbonyl (C=O) groups is 5. The van der Waals surface area contributed by atoms with Gasteiger partial charge in [-0.05, 0) is 14.0 Å². The number of amides is 1. The fourth-order valence-electron chi connectivity index (χ4n) is 1.33. The third-order valence-electron chi connectivity index (χ3n) is 2.26. The predicted octanol–water partition coefficient (Wildman–Crippen LogP) is -2.20. The average molecular weight is 258 g/mol. The Labute approximate surface area is 103 Å². The van der Waals surface area contributed by atoms with Gasteiger partial charge in [-0.3, -0.25) is 19.2 Å². The zero-order valence-electron chi connectivity index (χ0n) is 10.2. The molecule has 100 valence electrons. The van der Waals surface area contributed by atoms with Crippen LogP contribution < -0.4 is 10.6 Å². The molecule has 8 heteroatoms. The summed E-state index contributed by atoms with van der Waals surface area (Å²) >= 11 is 0. The summed E-state index contributed by atoms with van der Waals surface area (Å²) in [5, 5.41) is 4.66. The molecule has 0 heterocycles. The van der Waals surface area contributed by atoms with E-state index in [2.05, 4.69) is 15.4 Å². The molecule has 0 fully saturated rings. The Morgan fingerprint density at radius 1 is 1.28 bits per heavy atom. The summed E-state index contributed by atoms with van der Waals surface area (Å²) < 4.78 is 4.28. The van der Waals surface area contributed by atoms with Gasteiger partial charge in [0.25, 0.3) is 11.3 Å². The van der Waals surface area contributed by atoms with Gasteiger partial charge in [0.15, 0.2) is 12.1 Å². The van der Waals surface area contributed by atoms with Crippen LogP contribution in [0.4, 0.5) is 0 Å². The summed E-state index contributed by atoms with van der Waals surface area (Å²) in [6.45, 7) is 0.772. The molecule has 2 N–H and O–H groups in total. The molecule has 0 saturated carbocycles. The van der Waals surface area contributed by atoms with Crippen LogP contribution in [0.25, 0.3) is 0 Å². The van der Waals surface area contributed by atoms with Crippen LogP contribution in [0.15, 0.2) is 0 Å². The molecule has 0 aliphatic carbocycles. The number of aldehydes is 1. The molecule has 1 unspecified atom stereocenters. The van der Waals surface area contributed by atoms with Crippen LogP contribution in [0, 0.1) is 5.41 Å². The predicted molar refractivity (Wildman–Crippen MR) is 58.3 cm³/mol. The second-order valence-electron chi connectivity index (χ2n) is 3.32. The molecule has 0 aromatic heterocycles. The number of Topliss-reactive ketones (excluding diaryl/α,β-unsaturated/α-hetero) is 2. The summed E-state index contributed by atoms with van der Waals surface area (Å²) in [5.41, 5.74) is -2.77.